The zero-order chi connectivity index (χ0) is 13.9. The predicted octanol–water partition coefficient (Wildman–Crippen LogP) is 1.65. The van der Waals surface area contributed by atoms with E-state index in [-0.39, 0.29) is 6.04 Å². The lowest BCUT2D eigenvalue weighted by Gasteiger charge is -2.13. The number of benzene rings is 1. The summed E-state index contributed by atoms with van der Waals surface area (Å²) in [5.74, 6) is 6.65. The van der Waals surface area contributed by atoms with Crippen molar-refractivity contribution in [2.24, 2.45) is 5.84 Å². The Kier molecular flexibility index (Phi) is 3.72. The SMILES string of the molecule is CCn1c(CC(NN)c2csnn2)nc2ccccc21. The van der Waals surface area contributed by atoms with Crippen molar-refractivity contribution in [3.63, 3.8) is 0 Å². The van der Waals surface area contributed by atoms with Gasteiger partial charge in [0.2, 0.25) is 0 Å². The summed E-state index contributed by atoms with van der Waals surface area (Å²) in [4.78, 5) is 4.70. The molecule has 1 aromatic carbocycles. The number of nitrogens with zero attached hydrogens (tertiary/aromatic N) is 4. The Morgan fingerprint density at radius 1 is 1.40 bits per heavy atom. The first-order chi connectivity index (χ1) is 9.83. The molecule has 2 heterocycles. The van der Waals surface area contributed by atoms with Crippen molar-refractivity contribution >= 4 is 22.6 Å². The van der Waals surface area contributed by atoms with Gasteiger partial charge in [-0.2, -0.15) is 0 Å². The van der Waals surface area contributed by atoms with Crippen LogP contribution in [0.2, 0.25) is 0 Å². The molecular weight excluding hydrogens is 272 g/mol. The molecule has 20 heavy (non-hydrogen) atoms. The van der Waals surface area contributed by atoms with E-state index in [9.17, 15) is 0 Å². The van der Waals surface area contributed by atoms with E-state index in [1.807, 2.05) is 23.6 Å². The average molecular weight is 288 g/mol. The molecule has 7 heteroatoms. The van der Waals surface area contributed by atoms with Crippen molar-refractivity contribution in [3.8, 4) is 0 Å². The first kappa shape index (κ1) is 13.2. The fraction of sp³-hybridized carbons (Fsp3) is 0.308. The number of hydrazine groups is 1. The fourth-order valence-corrected chi connectivity index (χ4v) is 2.90. The Morgan fingerprint density at radius 2 is 2.25 bits per heavy atom. The highest BCUT2D eigenvalue weighted by molar-refractivity contribution is 7.03. The van der Waals surface area contributed by atoms with E-state index >= 15 is 0 Å². The molecule has 0 amide bonds. The van der Waals surface area contributed by atoms with Crippen molar-refractivity contribution in [1.29, 1.82) is 0 Å². The third-order valence-electron chi connectivity index (χ3n) is 3.37. The maximum atomic E-state index is 5.65. The van der Waals surface area contributed by atoms with Gasteiger partial charge in [0.15, 0.2) is 0 Å². The molecule has 1 atom stereocenters. The van der Waals surface area contributed by atoms with Gasteiger partial charge in [0.05, 0.1) is 22.8 Å². The predicted molar refractivity (Wildman–Crippen MR) is 79.1 cm³/mol. The molecule has 3 aromatic rings. The molecule has 0 saturated heterocycles. The number of aryl methyl sites for hydroxylation is 1. The maximum absolute atomic E-state index is 5.65. The molecule has 3 rings (SSSR count). The maximum Gasteiger partial charge on any atom is 0.111 e. The molecule has 0 spiro atoms. The van der Waals surface area contributed by atoms with Gasteiger partial charge < -0.3 is 4.57 Å². The van der Waals surface area contributed by atoms with Gasteiger partial charge in [0.1, 0.15) is 5.82 Å². The van der Waals surface area contributed by atoms with Crippen LogP contribution in [0.5, 0.6) is 0 Å². The minimum Gasteiger partial charge on any atom is -0.328 e. The van der Waals surface area contributed by atoms with E-state index in [1.54, 1.807) is 0 Å². The monoisotopic (exact) mass is 288 g/mol. The molecule has 1 unspecified atom stereocenters. The Hall–Kier alpha value is -1.83. The normalized spacial score (nSPS) is 12.9. The van der Waals surface area contributed by atoms with Crippen molar-refractivity contribution in [2.75, 3.05) is 0 Å². The number of nitrogens with two attached hydrogens (primary N) is 1. The molecule has 6 nitrogen and oxygen atoms in total. The van der Waals surface area contributed by atoms with Crippen LogP contribution in [0, 0.1) is 0 Å². The molecule has 0 fully saturated rings. The number of aromatic nitrogens is 4. The number of imidazole rings is 1. The van der Waals surface area contributed by atoms with Crippen LogP contribution in [0.1, 0.15) is 24.5 Å². The Labute approximate surface area is 120 Å². The summed E-state index contributed by atoms with van der Waals surface area (Å²) >= 11 is 1.32. The topological polar surface area (TPSA) is 81.7 Å². The molecule has 0 saturated carbocycles. The smallest absolute Gasteiger partial charge is 0.111 e. The summed E-state index contributed by atoms with van der Waals surface area (Å²) in [6.07, 6.45) is 0.685. The van der Waals surface area contributed by atoms with E-state index in [1.165, 1.54) is 11.5 Å². The second kappa shape index (κ2) is 5.66. The minimum absolute atomic E-state index is 0.0733. The van der Waals surface area contributed by atoms with Gasteiger partial charge in [-0.05, 0) is 30.6 Å². The fourth-order valence-electron chi connectivity index (χ4n) is 2.39. The van der Waals surface area contributed by atoms with Crippen molar-refractivity contribution < 1.29 is 0 Å². The summed E-state index contributed by atoms with van der Waals surface area (Å²) < 4.78 is 6.09. The zero-order valence-corrected chi connectivity index (χ0v) is 12.0. The molecule has 0 radical (unpaired) electrons. The Balaban J connectivity index is 1.97. The van der Waals surface area contributed by atoms with Gasteiger partial charge in [0.25, 0.3) is 0 Å². The van der Waals surface area contributed by atoms with Crippen LogP contribution in [0.3, 0.4) is 0 Å². The lowest BCUT2D eigenvalue weighted by atomic mass is 10.1. The van der Waals surface area contributed by atoms with Crippen LogP contribution >= 0.6 is 11.5 Å². The Bertz CT molecular complexity index is 690. The van der Waals surface area contributed by atoms with Gasteiger partial charge in [-0.25, -0.2) is 4.98 Å². The number of fused-ring (bicyclic) bond motifs is 1. The zero-order valence-electron chi connectivity index (χ0n) is 11.2. The first-order valence-corrected chi connectivity index (χ1v) is 7.34. The highest BCUT2D eigenvalue weighted by atomic mass is 32.1. The summed E-state index contributed by atoms with van der Waals surface area (Å²) in [5, 5.41) is 5.99. The van der Waals surface area contributed by atoms with Crippen LogP contribution in [-0.2, 0) is 13.0 Å². The van der Waals surface area contributed by atoms with Crippen LogP contribution in [0.25, 0.3) is 11.0 Å². The van der Waals surface area contributed by atoms with Crippen LogP contribution in [-0.4, -0.2) is 19.1 Å². The molecular formula is C13H16N6S. The second-order valence-corrected chi connectivity index (χ2v) is 5.12. The molecule has 104 valence electrons. The number of hydrogen-bond acceptors (Lipinski definition) is 6. The van der Waals surface area contributed by atoms with Crippen LogP contribution in [0.15, 0.2) is 29.6 Å². The molecule has 2 aromatic heterocycles. The number of hydrogen-bond donors (Lipinski definition) is 2. The van der Waals surface area contributed by atoms with E-state index in [4.69, 9.17) is 10.8 Å². The number of para-hydroxylation sites is 2. The van der Waals surface area contributed by atoms with E-state index in [0.717, 1.165) is 29.1 Å². The highest BCUT2D eigenvalue weighted by Gasteiger charge is 2.18. The standard InChI is InChI=1S/C13H16N6S/c1-2-19-12-6-4-3-5-9(12)15-13(19)7-10(16-14)11-8-20-18-17-11/h3-6,8,10,16H,2,7,14H2,1H3. The Morgan fingerprint density at radius 3 is 2.95 bits per heavy atom. The second-order valence-electron chi connectivity index (χ2n) is 4.51. The van der Waals surface area contributed by atoms with Gasteiger partial charge >= 0.3 is 0 Å². The molecule has 0 bridgehead atoms. The van der Waals surface area contributed by atoms with Gasteiger partial charge in [-0.1, -0.05) is 16.6 Å². The average Bonchev–Trinajstić information content (AvgIpc) is 3.11. The summed E-state index contributed by atoms with van der Waals surface area (Å²) in [5.41, 5.74) is 5.81. The summed E-state index contributed by atoms with van der Waals surface area (Å²) in [6, 6.07) is 8.08. The van der Waals surface area contributed by atoms with E-state index in [2.05, 4.69) is 32.6 Å². The lowest BCUT2D eigenvalue weighted by Crippen LogP contribution is -2.30. The lowest BCUT2D eigenvalue weighted by molar-refractivity contribution is 0.513. The minimum atomic E-state index is -0.0733. The van der Waals surface area contributed by atoms with Crippen LogP contribution in [0.4, 0.5) is 0 Å². The van der Waals surface area contributed by atoms with Crippen molar-refractivity contribution in [1.82, 2.24) is 24.6 Å². The summed E-state index contributed by atoms with van der Waals surface area (Å²) in [7, 11) is 0. The van der Waals surface area contributed by atoms with Crippen molar-refractivity contribution in [2.45, 2.75) is 25.9 Å². The van der Waals surface area contributed by atoms with E-state index < -0.39 is 0 Å². The van der Waals surface area contributed by atoms with Crippen molar-refractivity contribution in [3.05, 3.63) is 41.2 Å². The quantitative estimate of drug-likeness (QED) is 0.551. The van der Waals surface area contributed by atoms with Gasteiger partial charge in [-0.15, -0.1) is 5.10 Å². The van der Waals surface area contributed by atoms with E-state index in [0.29, 0.717) is 6.42 Å². The largest absolute Gasteiger partial charge is 0.328 e. The molecule has 0 aliphatic carbocycles. The third kappa shape index (κ3) is 2.31. The summed E-state index contributed by atoms with van der Waals surface area (Å²) in [6.45, 7) is 3.00. The van der Waals surface area contributed by atoms with Crippen LogP contribution < -0.4 is 11.3 Å². The number of nitrogens with one attached hydrogen (secondary N) is 1. The number of rotatable bonds is 5. The highest BCUT2D eigenvalue weighted by Crippen LogP contribution is 2.21. The molecule has 3 N–H and O–H groups in total. The first-order valence-electron chi connectivity index (χ1n) is 6.50. The molecule has 0 aliphatic heterocycles. The molecule has 0 aliphatic rings. The third-order valence-corrected chi connectivity index (χ3v) is 3.89. The van der Waals surface area contributed by atoms with Gasteiger partial charge in [0, 0.05) is 18.3 Å². The van der Waals surface area contributed by atoms with Gasteiger partial charge in [-0.3, -0.25) is 11.3 Å².